The van der Waals surface area contributed by atoms with Crippen LogP contribution in [-0.2, 0) is 32.6 Å². The molecule has 3 aromatic rings. The van der Waals surface area contributed by atoms with Crippen LogP contribution in [0.3, 0.4) is 0 Å². The number of nitrogens with one attached hydrogen (secondary N) is 1. The van der Waals surface area contributed by atoms with Crippen molar-refractivity contribution in [1.82, 2.24) is 10.2 Å². The minimum atomic E-state index is -3.56. The number of hydrogen-bond acceptors (Lipinski definition) is 4. The normalized spacial score (nSPS) is 12.2. The Hall–Kier alpha value is -3.17. The first kappa shape index (κ1) is 31.4. The first-order valence-corrected chi connectivity index (χ1v) is 16.0. The number of nitrogens with zero attached hydrogens (tertiary/aromatic N) is 2. The Morgan fingerprint density at radius 2 is 1.57 bits per heavy atom. The summed E-state index contributed by atoms with van der Waals surface area (Å²) < 4.78 is 27.5. The van der Waals surface area contributed by atoms with E-state index < -0.39 is 16.1 Å². The predicted octanol–water partition coefficient (Wildman–Crippen LogP) is 5.47. The van der Waals surface area contributed by atoms with Gasteiger partial charge in [0.05, 0.1) is 11.9 Å². The quantitative estimate of drug-likeness (QED) is 0.272. The minimum absolute atomic E-state index is 0.0894. The van der Waals surface area contributed by atoms with Crippen LogP contribution < -0.4 is 9.62 Å². The molecule has 3 rings (SSSR count). The van der Waals surface area contributed by atoms with Crippen molar-refractivity contribution in [2.45, 2.75) is 58.7 Å². The first-order chi connectivity index (χ1) is 19.0. The van der Waals surface area contributed by atoms with Gasteiger partial charge in [0.1, 0.15) is 6.04 Å². The second-order valence-corrected chi connectivity index (χ2v) is 13.1. The molecule has 0 saturated carbocycles. The van der Waals surface area contributed by atoms with Gasteiger partial charge < -0.3 is 10.2 Å². The van der Waals surface area contributed by atoms with Crippen LogP contribution >= 0.6 is 15.9 Å². The summed E-state index contributed by atoms with van der Waals surface area (Å²) in [5.41, 5.74) is 3.27. The molecule has 9 heteroatoms. The molecule has 7 nitrogen and oxygen atoms in total. The highest BCUT2D eigenvalue weighted by atomic mass is 79.9. The van der Waals surface area contributed by atoms with Crippen molar-refractivity contribution >= 4 is 43.5 Å². The highest BCUT2D eigenvalue weighted by Gasteiger charge is 2.31. The van der Waals surface area contributed by atoms with Gasteiger partial charge in [-0.15, -0.1) is 0 Å². The van der Waals surface area contributed by atoms with Crippen LogP contribution in [-0.4, -0.2) is 50.0 Å². The van der Waals surface area contributed by atoms with Crippen molar-refractivity contribution < 1.29 is 18.0 Å². The van der Waals surface area contributed by atoms with Crippen LogP contribution in [0.1, 0.15) is 43.4 Å². The summed E-state index contributed by atoms with van der Waals surface area (Å²) in [6.07, 6.45) is 1.93. The summed E-state index contributed by atoms with van der Waals surface area (Å²) in [6, 6.07) is 23.8. The summed E-state index contributed by atoms with van der Waals surface area (Å²) in [7, 11) is -3.56. The van der Waals surface area contributed by atoms with E-state index in [1.54, 1.807) is 17.0 Å². The van der Waals surface area contributed by atoms with E-state index in [0.29, 0.717) is 18.5 Å². The molecule has 0 spiro atoms. The van der Waals surface area contributed by atoms with Gasteiger partial charge in [0.25, 0.3) is 0 Å². The summed E-state index contributed by atoms with van der Waals surface area (Å²) in [5, 5.41) is 2.99. The molecule has 2 amide bonds. The molecule has 0 saturated heterocycles. The van der Waals surface area contributed by atoms with E-state index in [2.05, 4.69) is 21.2 Å². The number of benzene rings is 3. The number of carbonyl (C=O) groups excluding carboxylic acids is 2. The maximum Gasteiger partial charge on any atom is 0.243 e. The lowest BCUT2D eigenvalue weighted by molar-refractivity contribution is -0.141. The number of aryl methyl sites for hydroxylation is 1. The van der Waals surface area contributed by atoms with Gasteiger partial charge in [0.15, 0.2) is 0 Å². The third-order valence-electron chi connectivity index (χ3n) is 6.48. The van der Waals surface area contributed by atoms with E-state index in [9.17, 15) is 18.0 Å². The van der Waals surface area contributed by atoms with Gasteiger partial charge in [-0.05, 0) is 62.1 Å². The average Bonchev–Trinajstić information content (AvgIpc) is 2.88. The van der Waals surface area contributed by atoms with Crippen molar-refractivity contribution in [3.8, 4) is 0 Å². The van der Waals surface area contributed by atoms with Crippen LogP contribution in [0.4, 0.5) is 5.69 Å². The number of anilines is 1. The standard InChI is InChI=1S/C31H38BrN3O4S/c1-23(2)33-31(37)29(21-25-13-6-5-7-14-25)34(22-26-15-10-16-27(32)20-26)30(36)18-11-19-35(40(4,38)39)28-17-9-8-12-24(28)3/h5-10,12-17,20,23,29H,11,18-19,21-22H2,1-4H3,(H,33,37). The molecule has 0 fully saturated rings. The Morgan fingerprint density at radius 3 is 2.20 bits per heavy atom. The van der Waals surface area contributed by atoms with Gasteiger partial charge in [-0.25, -0.2) is 8.42 Å². The lowest BCUT2D eigenvalue weighted by Gasteiger charge is -2.32. The molecule has 0 aliphatic heterocycles. The van der Waals surface area contributed by atoms with Crippen molar-refractivity contribution in [1.29, 1.82) is 0 Å². The summed E-state index contributed by atoms with van der Waals surface area (Å²) in [5.74, 6) is -0.432. The smallest absolute Gasteiger partial charge is 0.243 e. The van der Waals surface area contributed by atoms with Crippen molar-refractivity contribution in [3.05, 3.63) is 100 Å². The molecular weight excluding hydrogens is 590 g/mol. The Labute approximate surface area is 246 Å². The van der Waals surface area contributed by atoms with Gasteiger partial charge in [-0.1, -0.05) is 76.6 Å². The van der Waals surface area contributed by atoms with Gasteiger partial charge >= 0.3 is 0 Å². The first-order valence-electron chi connectivity index (χ1n) is 13.4. The number of carbonyl (C=O) groups is 2. The molecule has 0 aromatic heterocycles. The number of sulfonamides is 1. The van der Waals surface area contributed by atoms with E-state index in [1.165, 1.54) is 10.6 Å². The largest absolute Gasteiger partial charge is 0.352 e. The van der Waals surface area contributed by atoms with Crippen molar-refractivity contribution in [2.24, 2.45) is 0 Å². The lowest BCUT2D eigenvalue weighted by atomic mass is 10.0. The highest BCUT2D eigenvalue weighted by molar-refractivity contribution is 9.10. The molecule has 214 valence electrons. The summed E-state index contributed by atoms with van der Waals surface area (Å²) in [6.45, 7) is 6.04. The number of hydrogen-bond donors (Lipinski definition) is 1. The van der Waals surface area contributed by atoms with E-state index in [-0.39, 0.29) is 37.4 Å². The van der Waals surface area contributed by atoms with Crippen LogP contribution in [0, 0.1) is 6.92 Å². The Bertz CT molecular complexity index is 1400. The molecule has 0 aliphatic rings. The van der Waals surface area contributed by atoms with E-state index in [4.69, 9.17) is 0 Å². The maximum atomic E-state index is 13.9. The summed E-state index contributed by atoms with van der Waals surface area (Å²) in [4.78, 5) is 29.0. The zero-order chi connectivity index (χ0) is 29.3. The van der Waals surface area contributed by atoms with Crippen LogP contribution in [0.2, 0.25) is 0 Å². The fourth-order valence-corrected chi connectivity index (χ4v) is 6.06. The van der Waals surface area contributed by atoms with E-state index in [1.807, 2.05) is 87.5 Å². The molecular formula is C31H38BrN3O4S. The van der Waals surface area contributed by atoms with Gasteiger partial charge in [0, 0.05) is 36.4 Å². The number of amides is 2. The van der Waals surface area contributed by atoms with E-state index in [0.717, 1.165) is 21.2 Å². The van der Waals surface area contributed by atoms with Crippen molar-refractivity contribution in [3.63, 3.8) is 0 Å². The summed E-state index contributed by atoms with van der Waals surface area (Å²) >= 11 is 3.50. The molecule has 3 aromatic carbocycles. The molecule has 1 atom stereocenters. The Kier molecular flexibility index (Phi) is 11.3. The molecule has 0 bridgehead atoms. The molecule has 1 N–H and O–H groups in total. The van der Waals surface area contributed by atoms with E-state index >= 15 is 0 Å². The molecule has 0 radical (unpaired) electrons. The van der Waals surface area contributed by atoms with Crippen LogP contribution in [0.15, 0.2) is 83.3 Å². The van der Waals surface area contributed by atoms with Gasteiger partial charge in [0.2, 0.25) is 21.8 Å². The topological polar surface area (TPSA) is 86.8 Å². The number of halogens is 1. The second kappa shape index (κ2) is 14.5. The Balaban J connectivity index is 1.89. The second-order valence-electron chi connectivity index (χ2n) is 10.2. The fourth-order valence-electron chi connectivity index (χ4n) is 4.59. The van der Waals surface area contributed by atoms with Gasteiger partial charge in [-0.3, -0.25) is 13.9 Å². The van der Waals surface area contributed by atoms with Crippen LogP contribution in [0.5, 0.6) is 0 Å². The highest BCUT2D eigenvalue weighted by Crippen LogP contribution is 2.23. The van der Waals surface area contributed by atoms with Gasteiger partial charge in [-0.2, -0.15) is 0 Å². The molecule has 40 heavy (non-hydrogen) atoms. The predicted molar refractivity (Wildman–Crippen MR) is 165 cm³/mol. The van der Waals surface area contributed by atoms with Crippen molar-refractivity contribution in [2.75, 3.05) is 17.1 Å². The minimum Gasteiger partial charge on any atom is -0.352 e. The maximum absolute atomic E-state index is 13.9. The molecule has 0 aliphatic carbocycles. The molecule has 1 unspecified atom stereocenters. The third-order valence-corrected chi connectivity index (χ3v) is 8.15. The number of para-hydroxylation sites is 1. The monoisotopic (exact) mass is 627 g/mol. The fraction of sp³-hybridized carbons (Fsp3) is 0.355. The zero-order valence-electron chi connectivity index (χ0n) is 23.5. The zero-order valence-corrected chi connectivity index (χ0v) is 25.9. The Morgan fingerprint density at radius 1 is 0.925 bits per heavy atom. The molecule has 0 heterocycles. The van der Waals surface area contributed by atoms with Crippen LogP contribution in [0.25, 0.3) is 0 Å². The number of rotatable bonds is 13. The average molecular weight is 629 g/mol. The SMILES string of the molecule is Cc1ccccc1N(CCCC(=O)N(Cc1cccc(Br)c1)C(Cc1ccccc1)C(=O)NC(C)C)S(C)(=O)=O. The lowest BCUT2D eigenvalue weighted by Crippen LogP contribution is -2.51. The third kappa shape index (κ3) is 9.20.